The number of benzene rings is 4. The van der Waals surface area contributed by atoms with Gasteiger partial charge in [-0.15, -0.1) is 0 Å². The van der Waals surface area contributed by atoms with E-state index in [2.05, 4.69) is 31.4 Å². The Hall–Kier alpha value is -5.64. The molecule has 4 aromatic rings. The molecule has 0 aliphatic heterocycles. The summed E-state index contributed by atoms with van der Waals surface area (Å²) in [6.07, 6.45) is 11.9. The number of ether oxygens (including phenoxy) is 4. The molecule has 0 saturated heterocycles. The number of esters is 2. The lowest BCUT2D eigenvalue weighted by Crippen LogP contribution is -2.15. The molecule has 0 saturated carbocycles. The van der Waals surface area contributed by atoms with Crippen LogP contribution in [0, 0.1) is 12.3 Å². The number of aryl methyl sites for hydroxylation is 2. The zero-order valence-corrected chi connectivity index (χ0v) is 37.4. The summed E-state index contributed by atoms with van der Waals surface area (Å²) in [6, 6.07) is 31.3. The molecule has 0 fully saturated rings. The van der Waals surface area contributed by atoms with Crippen molar-refractivity contribution < 1.29 is 38.1 Å². The highest BCUT2D eigenvalue weighted by molar-refractivity contribution is 5.85. The van der Waals surface area contributed by atoms with Crippen molar-refractivity contribution in [2.45, 2.75) is 124 Å². The molecular formula is C52H68N2O8. The molecule has 334 valence electrons. The summed E-state index contributed by atoms with van der Waals surface area (Å²) in [4.78, 5) is 48.8. The van der Waals surface area contributed by atoms with Gasteiger partial charge in [0.25, 0.3) is 0 Å². The second-order valence-corrected chi connectivity index (χ2v) is 16.9. The summed E-state index contributed by atoms with van der Waals surface area (Å²) in [7, 11) is 0. The van der Waals surface area contributed by atoms with Crippen LogP contribution in [0.2, 0.25) is 0 Å². The fourth-order valence-corrected chi connectivity index (χ4v) is 6.96. The Bertz CT molecular complexity index is 1920. The maximum atomic E-state index is 12.5. The Kier molecular flexibility index (Phi) is 21.6. The second-order valence-electron chi connectivity index (χ2n) is 16.9. The summed E-state index contributed by atoms with van der Waals surface area (Å²) < 4.78 is 21.5. The number of amides is 2. The van der Waals surface area contributed by atoms with E-state index in [1.165, 1.54) is 12.0 Å². The van der Waals surface area contributed by atoms with Crippen molar-refractivity contribution in [3.63, 3.8) is 0 Å². The molecule has 0 spiro atoms. The molecule has 4 rings (SSSR count). The van der Waals surface area contributed by atoms with E-state index in [0.29, 0.717) is 31.7 Å². The Balaban J connectivity index is 0.969. The van der Waals surface area contributed by atoms with Crippen LogP contribution in [0.15, 0.2) is 97.1 Å². The molecule has 10 heteroatoms. The molecule has 0 heterocycles. The third kappa shape index (κ3) is 20.8. The number of unbranched alkanes of at least 4 members (excludes halogenated alkanes) is 6. The van der Waals surface area contributed by atoms with Crippen LogP contribution in [0.25, 0.3) is 0 Å². The number of hydrogen-bond donors (Lipinski definition) is 2. The SMILES string of the molecule is CCc1ccc(NC(=O)OCCCCOC(=O)Cc2ccc(Cc3ccc(CC(=O)OCCCCCCC(C)(C)CCCCCOC(=O)Nc4ccc(C)cc4)cc3)cc2)cc1. The maximum Gasteiger partial charge on any atom is 0.411 e. The van der Waals surface area contributed by atoms with Gasteiger partial charge < -0.3 is 18.9 Å². The minimum absolute atomic E-state index is 0.193. The molecule has 62 heavy (non-hydrogen) atoms. The molecule has 0 aliphatic rings. The van der Waals surface area contributed by atoms with Gasteiger partial charge >= 0.3 is 24.1 Å². The van der Waals surface area contributed by atoms with Gasteiger partial charge in [0, 0.05) is 11.4 Å². The number of rotatable bonds is 27. The van der Waals surface area contributed by atoms with Gasteiger partial charge in [0.05, 0.1) is 39.3 Å². The van der Waals surface area contributed by atoms with E-state index in [1.807, 2.05) is 104 Å². The van der Waals surface area contributed by atoms with E-state index in [4.69, 9.17) is 18.9 Å². The first-order valence-electron chi connectivity index (χ1n) is 22.5. The van der Waals surface area contributed by atoms with Crippen LogP contribution in [-0.2, 0) is 54.2 Å². The summed E-state index contributed by atoms with van der Waals surface area (Å²) in [5, 5.41) is 5.47. The van der Waals surface area contributed by atoms with Crippen LogP contribution in [0.5, 0.6) is 0 Å². The Morgan fingerprint density at radius 1 is 0.452 bits per heavy atom. The van der Waals surface area contributed by atoms with E-state index >= 15 is 0 Å². The summed E-state index contributed by atoms with van der Waals surface area (Å²) in [5.41, 5.74) is 8.12. The van der Waals surface area contributed by atoms with Gasteiger partial charge in [0.1, 0.15) is 0 Å². The normalized spacial score (nSPS) is 11.1. The number of anilines is 2. The zero-order valence-electron chi connectivity index (χ0n) is 37.4. The highest BCUT2D eigenvalue weighted by Crippen LogP contribution is 2.30. The van der Waals surface area contributed by atoms with Crippen LogP contribution in [0.4, 0.5) is 21.0 Å². The molecular weight excluding hydrogens is 781 g/mol. The van der Waals surface area contributed by atoms with Crippen molar-refractivity contribution in [2.24, 2.45) is 5.41 Å². The fraction of sp³-hybridized carbons (Fsp3) is 0.462. The molecule has 0 bridgehead atoms. The molecule has 0 atom stereocenters. The largest absolute Gasteiger partial charge is 0.465 e. The van der Waals surface area contributed by atoms with Gasteiger partial charge in [-0.1, -0.05) is 131 Å². The highest BCUT2D eigenvalue weighted by Gasteiger charge is 2.17. The first kappa shape index (κ1) is 49.0. The van der Waals surface area contributed by atoms with Crippen molar-refractivity contribution in [1.82, 2.24) is 0 Å². The van der Waals surface area contributed by atoms with Gasteiger partial charge in [-0.3, -0.25) is 20.2 Å². The summed E-state index contributed by atoms with van der Waals surface area (Å²) in [6.45, 7) is 10.1. The first-order chi connectivity index (χ1) is 30.0. The number of carbonyl (C=O) groups is 4. The van der Waals surface area contributed by atoms with Crippen molar-refractivity contribution in [3.8, 4) is 0 Å². The third-order valence-corrected chi connectivity index (χ3v) is 10.8. The minimum Gasteiger partial charge on any atom is -0.465 e. The number of nitrogens with one attached hydrogen (secondary N) is 2. The van der Waals surface area contributed by atoms with Gasteiger partial charge in [0.2, 0.25) is 0 Å². The highest BCUT2D eigenvalue weighted by atomic mass is 16.6. The molecule has 10 nitrogen and oxygen atoms in total. The van der Waals surface area contributed by atoms with Crippen LogP contribution >= 0.6 is 0 Å². The lowest BCUT2D eigenvalue weighted by molar-refractivity contribution is -0.143. The molecule has 0 radical (unpaired) electrons. The van der Waals surface area contributed by atoms with Gasteiger partial charge in [-0.05, 0) is 116 Å². The van der Waals surface area contributed by atoms with Gasteiger partial charge in [-0.2, -0.15) is 0 Å². The summed E-state index contributed by atoms with van der Waals surface area (Å²) in [5.74, 6) is -0.490. The zero-order chi connectivity index (χ0) is 44.4. The quantitative estimate of drug-likeness (QED) is 0.0345. The van der Waals surface area contributed by atoms with Crippen LogP contribution in [0.1, 0.15) is 125 Å². The third-order valence-electron chi connectivity index (χ3n) is 10.8. The maximum absolute atomic E-state index is 12.5. The Morgan fingerprint density at radius 3 is 1.26 bits per heavy atom. The number of carbonyl (C=O) groups excluding carboxylic acids is 4. The van der Waals surface area contributed by atoms with E-state index in [1.54, 1.807) is 0 Å². The lowest BCUT2D eigenvalue weighted by Gasteiger charge is -2.24. The molecule has 0 unspecified atom stereocenters. The van der Waals surface area contributed by atoms with Crippen molar-refractivity contribution >= 4 is 35.5 Å². The second kappa shape index (κ2) is 27.3. The van der Waals surface area contributed by atoms with Crippen molar-refractivity contribution in [3.05, 3.63) is 130 Å². The van der Waals surface area contributed by atoms with Crippen LogP contribution < -0.4 is 10.6 Å². The van der Waals surface area contributed by atoms with Crippen LogP contribution in [0.3, 0.4) is 0 Å². The first-order valence-corrected chi connectivity index (χ1v) is 22.5. The molecule has 4 aromatic carbocycles. The molecule has 0 aliphatic carbocycles. The van der Waals surface area contributed by atoms with Crippen molar-refractivity contribution in [1.29, 1.82) is 0 Å². The standard InChI is InChI=1S/C52H68N2O8/c1-5-41-25-29-47(30-26-41)54-51(58)62-36-14-13-34-60-49(56)39-45-23-19-43(20-24-45)37-42-17-21-44(22-18-42)38-48(55)59-33-11-7-6-9-31-52(3,4)32-10-8-12-35-61-50(57)53-46-27-15-40(2)16-28-46/h15-30H,5-14,31-39H2,1-4H3,(H,53,57)(H,54,58). The predicted octanol–water partition coefficient (Wildman–Crippen LogP) is 12.1. The predicted molar refractivity (Wildman–Crippen MR) is 247 cm³/mol. The smallest absolute Gasteiger partial charge is 0.411 e. The summed E-state index contributed by atoms with van der Waals surface area (Å²) >= 11 is 0. The Morgan fingerprint density at radius 2 is 0.806 bits per heavy atom. The average molecular weight is 849 g/mol. The van der Waals surface area contributed by atoms with E-state index in [0.717, 1.165) is 97.7 Å². The van der Waals surface area contributed by atoms with Gasteiger partial charge in [-0.25, -0.2) is 9.59 Å². The topological polar surface area (TPSA) is 129 Å². The minimum atomic E-state index is -0.500. The Labute approximate surface area is 369 Å². The lowest BCUT2D eigenvalue weighted by atomic mass is 9.82. The average Bonchev–Trinajstić information content (AvgIpc) is 3.25. The fourth-order valence-electron chi connectivity index (χ4n) is 6.96. The van der Waals surface area contributed by atoms with E-state index in [-0.39, 0.29) is 43.4 Å². The molecule has 2 N–H and O–H groups in total. The monoisotopic (exact) mass is 848 g/mol. The molecule has 0 aromatic heterocycles. The van der Waals surface area contributed by atoms with Crippen LogP contribution in [-0.4, -0.2) is 50.6 Å². The molecule has 2 amide bonds. The number of hydrogen-bond acceptors (Lipinski definition) is 8. The van der Waals surface area contributed by atoms with E-state index < -0.39 is 12.2 Å². The van der Waals surface area contributed by atoms with Crippen molar-refractivity contribution in [2.75, 3.05) is 37.1 Å². The van der Waals surface area contributed by atoms with Gasteiger partial charge in [0.15, 0.2) is 0 Å². The van der Waals surface area contributed by atoms with E-state index in [9.17, 15) is 19.2 Å².